The molecule has 0 spiro atoms. The van der Waals surface area contributed by atoms with Crippen molar-refractivity contribution in [1.29, 1.82) is 0 Å². The lowest BCUT2D eigenvalue weighted by Gasteiger charge is -2.19. The summed E-state index contributed by atoms with van der Waals surface area (Å²) in [5.41, 5.74) is 0.989. The van der Waals surface area contributed by atoms with Crippen LogP contribution in [0.3, 0.4) is 0 Å². The van der Waals surface area contributed by atoms with Gasteiger partial charge < -0.3 is 15.4 Å². The molecule has 1 aliphatic heterocycles. The minimum atomic E-state index is -0.641. The maximum atomic E-state index is 12.1. The van der Waals surface area contributed by atoms with Gasteiger partial charge in [0, 0.05) is 6.42 Å². The number of amides is 1. The van der Waals surface area contributed by atoms with Crippen molar-refractivity contribution >= 4 is 24.3 Å². The van der Waals surface area contributed by atoms with Crippen molar-refractivity contribution in [2.45, 2.75) is 31.3 Å². The Labute approximate surface area is 130 Å². The maximum Gasteiger partial charge on any atom is 0.328 e. The summed E-state index contributed by atoms with van der Waals surface area (Å²) in [6.07, 6.45) is 2.23. The Morgan fingerprint density at radius 3 is 2.67 bits per heavy atom. The van der Waals surface area contributed by atoms with Crippen molar-refractivity contribution < 1.29 is 14.3 Å². The third-order valence-electron chi connectivity index (χ3n) is 3.46. The Hall–Kier alpha value is -1.59. The third-order valence-corrected chi connectivity index (χ3v) is 3.46. The molecule has 2 unspecified atom stereocenters. The minimum Gasteiger partial charge on any atom is -0.467 e. The van der Waals surface area contributed by atoms with Gasteiger partial charge in [-0.15, -0.1) is 12.4 Å². The first kappa shape index (κ1) is 17.5. The summed E-state index contributed by atoms with van der Waals surface area (Å²) in [6, 6.07) is 8.74. The quantitative estimate of drug-likeness (QED) is 0.798. The summed E-state index contributed by atoms with van der Waals surface area (Å²) >= 11 is 0. The van der Waals surface area contributed by atoms with Crippen molar-refractivity contribution in [3.63, 3.8) is 0 Å². The van der Waals surface area contributed by atoms with Gasteiger partial charge in [-0.05, 0) is 24.9 Å². The minimum absolute atomic E-state index is 0. The molecule has 5 nitrogen and oxygen atoms in total. The van der Waals surface area contributed by atoms with E-state index in [9.17, 15) is 9.59 Å². The largest absolute Gasteiger partial charge is 0.467 e. The number of methoxy groups -OCH3 is 1. The summed E-state index contributed by atoms with van der Waals surface area (Å²) < 4.78 is 4.77. The van der Waals surface area contributed by atoms with Crippen LogP contribution in [0, 0.1) is 0 Å². The van der Waals surface area contributed by atoms with Crippen LogP contribution >= 0.6 is 12.4 Å². The average Bonchev–Trinajstić information content (AvgIpc) is 3.01. The molecule has 1 aliphatic rings. The zero-order chi connectivity index (χ0) is 14.4. The number of hydrogen-bond acceptors (Lipinski definition) is 4. The molecule has 1 saturated heterocycles. The zero-order valence-electron chi connectivity index (χ0n) is 12.0. The fourth-order valence-corrected chi connectivity index (χ4v) is 2.37. The Balaban J connectivity index is 0.00000220. The van der Waals surface area contributed by atoms with Gasteiger partial charge in [-0.3, -0.25) is 4.79 Å². The molecule has 1 fully saturated rings. The SMILES string of the molecule is COC(=O)C(Cc1ccccc1)NC(=O)C1CCCN1.Cl. The number of nitrogens with one attached hydrogen (secondary N) is 2. The van der Waals surface area contributed by atoms with Crippen molar-refractivity contribution in [2.24, 2.45) is 0 Å². The van der Waals surface area contributed by atoms with Gasteiger partial charge in [0.2, 0.25) is 5.91 Å². The van der Waals surface area contributed by atoms with Crippen LogP contribution in [0.1, 0.15) is 18.4 Å². The molecule has 0 bridgehead atoms. The molecule has 2 atom stereocenters. The van der Waals surface area contributed by atoms with Crippen molar-refractivity contribution in [2.75, 3.05) is 13.7 Å². The van der Waals surface area contributed by atoms with Crippen LogP contribution in [-0.4, -0.2) is 37.6 Å². The Kier molecular flexibility index (Phi) is 7.19. The van der Waals surface area contributed by atoms with Crippen molar-refractivity contribution in [3.8, 4) is 0 Å². The van der Waals surface area contributed by atoms with E-state index in [0.717, 1.165) is 24.9 Å². The lowest BCUT2D eigenvalue weighted by Crippen LogP contribution is -2.49. The van der Waals surface area contributed by atoms with E-state index in [-0.39, 0.29) is 24.4 Å². The first-order valence-corrected chi connectivity index (χ1v) is 6.86. The predicted octanol–water partition coefficient (Wildman–Crippen LogP) is 1.06. The molecule has 0 radical (unpaired) electrons. The van der Waals surface area contributed by atoms with E-state index >= 15 is 0 Å². The van der Waals surface area contributed by atoms with Crippen molar-refractivity contribution in [3.05, 3.63) is 35.9 Å². The van der Waals surface area contributed by atoms with E-state index in [1.165, 1.54) is 7.11 Å². The van der Waals surface area contributed by atoms with Gasteiger partial charge in [0.05, 0.1) is 13.2 Å². The molecule has 0 saturated carbocycles. The van der Waals surface area contributed by atoms with Gasteiger partial charge in [-0.2, -0.15) is 0 Å². The lowest BCUT2D eigenvalue weighted by molar-refractivity contribution is -0.145. The number of hydrogen-bond donors (Lipinski definition) is 2. The van der Waals surface area contributed by atoms with Gasteiger partial charge >= 0.3 is 5.97 Å². The van der Waals surface area contributed by atoms with Crippen LogP contribution in [-0.2, 0) is 20.7 Å². The number of benzene rings is 1. The van der Waals surface area contributed by atoms with E-state index in [0.29, 0.717) is 6.42 Å². The molecule has 1 heterocycles. The van der Waals surface area contributed by atoms with E-state index in [4.69, 9.17) is 4.74 Å². The number of esters is 1. The molecule has 116 valence electrons. The van der Waals surface area contributed by atoms with E-state index in [2.05, 4.69) is 10.6 Å². The van der Waals surface area contributed by atoms with Crippen LogP contribution in [0.25, 0.3) is 0 Å². The molecule has 2 N–H and O–H groups in total. The fourth-order valence-electron chi connectivity index (χ4n) is 2.37. The average molecular weight is 313 g/mol. The molecule has 0 aliphatic carbocycles. The summed E-state index contributed by atoms with van der Waals surface area (Å²) in [7, 11) is 1.33. The summed E-state index contributed by atoms with van der Waals surface area (Å²) in [6.45, 7) is 0.847. The van der Waals surface area contributed by atoms with Gasteiger partial charge in [0.15, 0.2) is 0 Å². The second-order valence-corrected chi connectivity index (χ2v) is 4.92. The highest BCUT2D eigenvalue weighted by atomic mass is 35.5. The van der Waals surface area contributed by atoms with E-state index in [1.54, 1.807) is 0 Å². The van der Waals surface area contributed by atoms with E-state index < -0.39 is 12.0 Å². The summed E-state index contributed by atoms with van der Waals surface area (Å²) in [5.74, 6) is -0.547. The van der Waals surface area contributed by atoms with Gasteiger partial charge in [-0.1, -0.05) is 30.3 Å². The lowest BCUT2D eigenvalue weighted by atomic mass is 10.1. The molecule has 2 rings (SSSR count). The topological polar surface area (TPSA) is 67.4 Å². The van der Waals surface area contributed by atoms with Gasteiger partial charge in [0.25, 0.3) is 0 Å². The van der Waals surface area contributed by atoms with Crippen LogP contribution in [0.15, 0.2) is 30.3 Å². The molecule has 21 heavy (non-hydrogen) atoms. The Morgan fingerprint density at radius 1 is 1.38 bits per heavy atom. The number of carbonyl (C=O) groups is 2. The molecule has 1 amide bonds. The predicted molar refractivity (Wildman–Crippen MR) is 82.4 cm³/mol. The maximum absolute atomic E-state index is 12.1. The molecule has 1 aromatic carbocycles. The summed E-state index contributed by atoms with van der Waals surface area (Å²) in [5, 5.41) is 5.90. The second-order valence-electron chi connectivity index (χ2n) is 4.92. The standard InChI is InChI=1S/C15H20N2O3.ClH/c1-20-15(19)13(10-11-6-3-2-4-7-11)17-14(18)12-8-5-9-16-12;/h2-4,6-7,12-13,16H,5,8-10H2,1H3,(H,17,18);1H. The van der Waals surface area contributed by atoms with Crippen LogP contribution in [0.2, 0.25) is 0 Å². The Morgan fingerprint density at radius 2 is 2.10 bits per heavy atom. The zero-order valence-corrected chi connectivity index (χ0v) is 12.8. The van der Waals surface area contributed by atoms with Gasteiger partial charge in [0.1, 0.15) is 6.04 Å². The molecular formula is C15H21ClN2O3. The second kappa shape index (κ2) is 8.64. The molecule has 0 aromatic heterocycles. The van der Waals surface area contributed by atoms with Crippen LogP contribution in [0.4, 0.5) is 0 Å². The Bertz CT molecular complexity index is 461. The monoisotopic (exact) mass is 312 g/mol. The van der Waals surface area contributed by atoms with Crippen molar-refractivity contribution in [1.82, 2.24) is 10.6 Å². The number of ether oxygens (including phenoxy) is 1. The van der Waals surface area contributed by atoms with Crippen LogP contribution in [0.5, 0.6) is 0 Å². The number of carbonyl (C=O) groups excluding carboxylic acids is 2. The molecular weight excluding hydrogens is 292 g/mol. The highest BCUT2D eigenvalue weighted by molar-refractivity contribution is 5.87. The molecule has 6 heteroatoms. The fraction of sp³-hybridized carbons (Fsp3) is 0.467. The number of halogens is 1. The van der Waals surface area contributed by atoms with Crippen LogP contribution < -0.4 is 10.6 Å². The van der Waals surface area contributed by atoms with Gasteiger partial charge in [-0.25, -0.2) is 4.79 Å². The first-order valence-electron chi connectivity index (χ1n) is 6.86. The normalized spacial score (nSPS) is 18.4. The summed E-state index contributed by atoms with van der Waals surface area (Å²) in [4.78, 5) is 23.9. The highest BCUT2D eigenvalue weighted by Gasteiger charge is 2.27. The third kappa shape index (κ3) is 5.02. The van der Waals surface area contributed by atoms with E-state index in [1.807, 2.05) is 30.3 Å². The number of rotatable bonds is 5. The molecule has 1 aromatic rings. The highest BCUT2D eigenvalue weighted by Crippen LogP contribution is 2.08. The first-order chi connectivity index (χ1) is 9.70. The smallest absolute Gasteiger partial charge is 0.328 e.